The van der Waals surface area contributed by atoms with Crippen LogP contribution in [0, 0.1) is 5.41 Å². The Morgan fingerprint density at radius 2 is 2.00 bits per heavy atom. The van der Waals surface area contributed by atoms with Crippen LogP contribution in [0.15, 0.2) is 40.7 Å². The molecule has 7 nitrogen and oxygen atoms in total. The van der Waals surface area contributed by atoms with Gasteiger partial charge in [-0.3, -0.25) is 4.79 Å². The third-order valence-corrected chi connectivity index (χ3v) is 6.86. The molecular formula is C26H35NO6S. The molecule has 0 fully saturated rings. The van der Waals surface area contributed by atoms with Gasteiger partial charge in [-0.1, -0.05) is 26.8 Å². The first kappa shape index (κ1) is 26.2. The van der Waals surface area contributed by atoms with Crippen molar-refractivity contribution < 1.29 is 28.9 Å². The smallest absolute Gasteiger partial charge is 0.336 e. The number of thioether (sulfide) groups is 1. The number of hydrogen-bond donors (Lipinski definition) is 2. The van der Waals surface area contributed by atoms with E-state index in [4.69, 9.17) is 19.3 Å². The minimum Gasteiger partial charge on any atom is -0.493 e. The summed E-state index contributed by atoms with van der Waals surface area (Å²) < 4.78 is 16.7. The number of ether oxygens (including phenoxy) is 3. The zero-order chi connectivity index (χ0) is 24.9. The van der Waals surface area contributed by atoms with Gasteiger partial charge in [0, 0.05) is 35.1 Å². The number of aliphatic hydroxyl groups is 1. The lowest BCUT2D eigenvalue weighted by atomic mass is 9.68. The minimum atomic E-state index is -0.563. The molecule has 34 heavy (non-hydrogen) atoms. The van der Waals surface area contributed by atoms with E-state index in [9.17, 15) is 9.59 Å². The number of methoxy groups -OCH3 is 1. The number of hydrogen-bond acceptors (Lipinski definition) is 8. The van der Waals surface area contributed by atoms with Crippen LogP contribution in [-0.4, -0.2) is 55.3 Å². The molecule has 0 radical (unpaired) electrons. The molecule has 1 unspecified atom stereocenters. The number of Topliss-reactive ketones (excluding diaryl/α,β-unsaturated/α-hetero) is 1. The summed E-state index contributed by atoms with van der Waals surface area (Å²) in [6, 6.07) is 5.39. The molecule has 0 bridgehead atoms. The average molecular weight is 490 g/mol. The monoisotopic (exact) mass is 489 g/mol. The lowest BCUT2D eigenvalue weighted by Gasteiger charge is -2.39. The third kappa shape index (κ3) is 5.78. The number of aliphatic hydroxyl groups excluding tert-OH is 1. The zero-order valence-electron chi connectivity index (χ0n) is 20.7. The SMILES string of the molecule is CCSCCOC(=O)C1=C(C)NC2=C(C(=O)CC(C)(C)C2)C1c1ccc(OCCO)c(OC)c1. The number of nitrogens with one attached hydrogen (secondary N) is 1. The Labute approximate surface area is 205 Å². The first-order chi connectivity index (χ1) is 16.2. The summed E-state index contributed by atoms with van der Waals surface area (Å²) in [6.07, 6.45) is 1.12. The highest BCUT2D eigenvalue weighted by atomic mass is 32.2. The predicted octanol–water partition coefficient (Wildman–Crippen LogP) is 3.97. The Kier molecular flexibility index (Phi) is 8.71. The Morgan fingerprint density at radius 3 is 2.68 bits per heavy atom. The minimum absolute atomic E-state index is 0.0302. The zero-order valence-corrected chi connectivity index (χ0v) is 21.5. The third-order valence-electron chi connectivity index (χ3n) is 5.99. The molecule has 3 rings (SSSR count). The van der Waals surface area contributed by atoms with Crippen LogP contribution < -0.4 is 14.8 Å². The van der Waals surface area contributed by atoms with Crippen molar-refractivity contribution >= 4 is 23.5 Å². The van der Waals surface area contributed by atoms with Crippen molar-refractivity contribution in [2.75, 3.05) is 38.4 Å². The molecule has 2 N–H and O–H groups in total. The Morgan fingerprint density at radius 1 is 1.24 bits per heavy atom. The van der Waals surface area contributed by atoms with E-state index in [1.54, 1.807) is 23.9 Å². The number of carbonyl (C=O) groups excluding carboxylic acids is 2. The van der Waals surface area contributed by atoms with Crippen LogP contribution >= 0.6 is 11.8 Å². The highest BCUT2D eigenvalue weighted by Crippen LogP contribution is 2.47. The highest BCUT2D eigenvalue weighted by molar-refractivity contribution is 7.99. The van der Waals surface area contributed by atoms with Crippen molar-refractivity contribution in [2.24, 2.45) is 5.41 Å². The van der Waals surface area contributed by atoms with Crippen molar-refractivity contribution in [1.82, 2.24) is 5.32 Å². The van der Waals surface area contributed by atoms with Gasteiger partial charge in [0.15, 0.2) is 17.3 Å². The molecule has 0 spiro atoms. The van der Waals surface area contributed by atoms with E-state index in [2.05, 4.69) is 26.1 Å². The number of rotatable bonds is 10. The number of ketones is 1. The van der Waals surface area contributed by atoms with Crippen LogP contribution in [0.1, 0.15) is 52.0 Å². The fraction of sp³-hybridized carbons (Fsp3) is 0.538. The Balaban J connectivity index is 2.06. The summed E-state index contributed by atoms with van der Waals surface area (Å²) in [5, 5.41) is 12.5. The van der Waals surface area contributed by atoms with Crippen molar-refractivity contribution in [3.05, 3.63) is 46.3 Å². The summed E-state index contributed by atoms with van der Waals surface area (Å²) in [5.74, 6) is 1.68. The normalized spacial score (nSPS) is 19.5. The van der Waals surface area contributed by atoms with E-state index >= 15 is 0 Å². The van der Waals surface area contributed by atoms with E-state index in [1.807, 2.05) is 13.0 Å². The molecular weight excluding hydrogens is 454 g/mol. The Bertz CT molecular complexity index is 997. The first-order valence-electron chi connectivity index (χ1n) is 11.6. The van der Waals surface area contributed by atoms with Crippen LogP contribution in [0.4, 0.5) is 0 Å². The largest absolute Gasteiger partial charge is 0.493 e. The summed E-state index contributed by atoms with van der Waals surface area (Å²) in [6.45, 7) is 8.41. The van der Waals surface area contributed by atoms with Gasteiger partial charge in [-0.25, -0.2) is 4.79 Å². The van der Waals surface area contributed by atoms with Crippen molar-refractivity contribution in [2.45, 2.75) is 46.5 Å². The van der Waals surface area contributed by atoms with Crippen molar-refractivity contribution in [3.8, 4) is 11.5 Å². The molecule has 1 aliphatic carbocycles. The summed E-state index contributed by atoms with van der Waals surface area (Å²) in [5.41, 5.74) is 3.21. The average Bonchev–Trinajstić information content (AvgIpc) is 2.78. The van der Waals surface area contributed by atoms with Crippen LogP contribution in [-0.2, 0) is 14.3 Å². The second-order valence-electron chi connectivity index (χ2n) is 9.25. The van der Waals surface area contributed by atoms with Gasteiger partial charge in [-0.2, -0.15) is 11.8 Å². The van der Waals surface area contributed by atoms with Gasteiger partial charge in [-0.15, -0.1) is 0 Å². The number of esters is 1. The standard InChI is InChI=1S/C26H35NO6S/c1-6-34-12-11-33-25(30)22-16(2)27-18-14-26(3,4)15-19(29)24(18)23(22)17-7-8-20(32-10-9-28)21(13-17)31-5/h7-8,13,23,27-28H,6,9-12,14-15H2,1-5H3. The number of carbonyl (C=O) groups is 2. The van der Waals surface area contributed by atoms with Gasteiger partial charge in [0.1, 0.15) is 13.2 Å². The second-order valence-corrected chi connectivity index (χ2v) is 10.6. The summed E-state index contributed by atoms with van der Waals surface area (Å²) >= 11 is 1.71. The highest BCUT2D eigenvalue weighted by Gasteiger charge is 2.43. The Hall–Kier alpha value is -2.45. The van der Waals surface area contributed by atoms with E-state index in [0.29, 0.717) is 47.8 Å². The van der Waals surface area contributed by atoms with Gasteiger partial charge in [0.05, 0.1) is 19.3 Å². The van der Waals surface area contributed by atoms with E-state index in [1.165, 1.54) is 7.11 Å². The van der Waals surface area contributed by atoms with Gasteiger partial charge < -0.3 is 24.6 Å². The fourth-order valence-electron chi connectivity index (χ4n) is 4.59. The van der Waals surface area contributed by atoms with Crippen molar-refractivity contribution in [3.63, 3.8) is 0 Å². The molecule has 186 valence electrons. The van der Waals surface area contributed by atoms with Gasteiger partial charge in [-0.05, 0) is 42.2 Å². The van der Waals surface area contributed by atoms with Crippen LogP contribution in [0.2, 0.25) is 0 Å². The molecule has 2 aliphatic rings. The van der Waals surface area contributed by atoms with Crippen LogP contribution in [0.25, 0.3) is 0 Å². The molecule has 0 aromatic heterocycles. The predicted molar refractivity (Wildman–Crippen MR) is 133 cm³/mol. The maximum atomic E-state index is 13.4. The second kappa shape index (κ2) is 11.3. The van der Waals surface area contributed by atoms with E-state index < -0.39 is 11.9 Å². The van der Waals surface area contributed by atoms with Crippen LogP contribution in [0.3, 0.4) is 0 Å². The molecule has 1 aliphatic heterocycles. The molecule has 0 saturated carbocycles. The topological polar surface area (TPSA) is 94.1 Å². The number of allylic oxidation sites excluding steroid dienone is 3. The lowest BCUT2D eigenvalue weighted by Crippen LogP contribution is -2.38. The molecule has 1 aromatic rings. The molecule has 1 heterocycles. The van der Waals surface area contributed by atoms with Gasteiger partial charge >= 0.3 is 5.97 Å². The quantitative estimate of drug-likeness (QED) is 0.377. The van der Waals surface area contributed by atoms with E-state index in [0.717, 1.165) is 22.8 Å². The molecule has 0 saturated heterocycles. The summed E-state index contributed by atoms with van der Waals surface area (Å²) in [4.78, 5) is 26.7. The first-order valence-corrected chi connectivity index (χ1v) is 12.8. The lowest BCUT2D eigenvalue weighted by molar-refractivity contribution is -0.138. The molecule has 1 atom stereocenters. The van der Waals surface area contributed by atoms with Crippen LogP contribution in [0.5, 0.6) is 11.5 Å². The fourth-order valence-corrected chi connectivity index (χ4v) is 5.08. The van der Waals surface area contributed by atoms with E-state index in [-0.39, 0.29) is 24.4 Å². The maximum Gasteiger partial charge on any atom is 0.336 e. The van der Waals surface area contributed by atoms with Gasteiger partial charge in [0.25, 0.3) is 0 Å². The number of benzene rings is 1. The summed E-state index contributed by atoms with van der Waals surface area (Å²) in [7, 11) is 1.54. The maximum absolute atomic E-state index is 13.4. The molecule has 0 amide bonds. The molecule has 8 heteroatoms. The van der Waals surface area contributed by atoms with Crippen molar-refractivity contribution in [1.29, 1.82) is 0 Å². The van der Waals surface area contributed by atoms with Gasteiger partial charge in [0.2, 0.25) is 0 Å². The molecule has 1 aromatic carbocycles. The number of dihydropyridines is 1.